The number of carbonyl (C=O) groups excluding carboxylic acids is 3. The number of likely N-dealkylation sites (tertiary alicyclic amines) is 1. The molecule has 1 unspecified atom stereocenters. The average Bonchev–Trinajstić information content (AvgIpc) is 2.99. The minimum absolute atomic E-state index is 0.182. The number of hydrogen-bond acceptors (Lipinski definition) is 6. The number of amides is 3. The second kappa shape index (κ2) is 14.2. The van der Waals surface area contributed by atoms with E-state index in [0.29, 0.717) is 72.0 Å². The number of rotatable bonds is 12. The van der Waals surface area contributed by atoms with E-state index in [1.54, 1.807) is 24.3 Å². The number of hydrogen-bond donors (Lipinski definition) is 3. The molecule has 1 atom stereocenters. The number of nitrogens with one attached hydrogen (secondary N) is 1. The van der Waals surface area contributed by atoms with Crippen molar-refractivity contribution in [1.82, 2.24) is 15.1 Å². The van der Waals surface area contributed by atoms with Gasteiger partial charge in [0.1, 0.15) is 5.54 Å². The predicted molar refractivity (Wildman–Crippen MR) is 169 cm³/mol. The molecule has 43 heavy (non-hydrogen) atoms. The molecule has 0 bridgehead atoms. The number of carbonyl (C=O) groups is 3. The fraction of sp³-hybridized carbons (Fsp3) is 0.375. The van der Waals surface area contributed by atoms with Crippen LogP contribution in [0.3, 0.4) is 0 Å². The van der Waals surface area contributed by atoms with Crippen LogP contribution in [0.2, 0.25) is 10.0 Å². The maximum Gasteiger partial charge on any atom is 0.255 e. The molecule has 1 fully saturated rings. The van der Waals surface area contributed by atoms with Crippen LogP contribution in [0, 0.1) is 11.3 Å². The average molecular weight is 624 g/mol. The Morgan fingerprint density at radius 2 is 1.79 bits per heavy atom. The number of fused-ring (bicyclic) bond motifs is 1. The lowest BCUT2D eigenvalue weighted by atomic mass is 9.86. The van der Waals surface area contributed by atoms with Gasteiger partial charge in [0.05, 0.1) is 28.2 Å². The number of likely N-dealkylation sites (N-methyl/N-ethyl adjacent to an activating group) is 1. The lowest BCUT2D eigenvalue weighted by molar-refractivity contribution is -0.126. The second-order valence-electron chi connectivity index (χ2n) is 11.0. The third-order valence-corrected chi connectivity index (χ3v) is 8.94. The topological polar surface area (TPSA) is 146 Å². The van der Waals surface area contributed by atoms with Crippen molar-refractivity contribution in [2.24, 2.45) is 11.5 Å². The number of nitriles is 1. The summed E-state index contributed by atoms with van der Waals surface area (Å²) in [5, 5.41) is 15.1. The number of primary amides is 2. The summed E-state index contributed by atoms with van der Waals surface area (Å²) < 4.78 is 0. The van der Waals surface area contributed by atoms with Gasteiger partial charge in [0, 0.05) is 31.1 Å². The van der Waals surface area contributed by atoms with Gasteiger partial charge in [-0.2, -0.15) is 5.26 Å². The van der Waals surface area contributed by atoms with Gasteiger partial charge in [-0.25, -0.2) is 0 Å². The Bertz CT molecular complexity index is 1550. The largest absolute Gasteiger partial charge is 0.368 e. The van der Waals surface area contributed by atoms with Gasteiger partial charge in [-0.05, 0) is 73.0 Å². The van der Waals surface area contributed by atoms with Crippen molar-refractivity contribution < 1.29 is 14.4 Å². The molecule has 0 saturated carbocycles. The van der Waals surface area contributed by atoms with E-state index in [2.05, 4.69) is 16.3 Å². The van der Waals surface area contributed by atoms with E-state index in [-0.39, 0.29) is 24.9 Å². The minimum Gasteiger partial charge on any atom is -0.368 e. The Balaban J connectivity index is 1.62. The van der Waals surface area contributed by atoms with Crippen LogP contribution in [0.25, 0.3) is 10.8 Å². The predicted octanol–water partition coefficient (Wildman–Crippen LogP) is 4.05. The maximum absolute atomic E-state index is 14.1. The van der Waals surface area contributed by atoms with E-state index < -0.39 is 17.4 Å². The monoisotopic (exact) mass is 622 g/mol. The standard InChI is InChI=1S/C32H36Cl2N6O3/c1-2-38-32(31(37)43)10-13-39(14-11-32)12-9-24(22-7-8-27(33)28(34)17-22)19-40(20-29(36)41)30(42)26-16-21(18-35)15-23-5-3-4-6-25(23)26/h3-8,15-17,24,38H,2,9-14,19-20H2,1H3,(H2,36,41)(H2,37,43). The first-order chi connectivity index (χ1) is 20.6. The Morgan fingerprint density at radius 1 is 1.07 bits per heavy atom. The van der Waals surface area contributed by atoms with Crippen molar-refractivity contribution in [3.05, 3.63) is 81.3 Å². The van der Waals surface area contributed by atoms with E-state index in [4.69, 9.17) is 34.7 Å². The van der Waals surface area contributed by atoms with Crippen LogP contribution in [-0.4, -0.2) is 72.3 Å². The molecule has 3 aromatic carbocycles. The van der Waals surface area contributed by atoms with Crippen molar-refractivity contribution in [2.45, 2.75) is 37.6 Å². The number of piperidine rings is 1. The first-order valence-corrected chi connectivity index (χ1v) is 15.0. The first kappa shape index (κ1) is 32.2. The zero-order valence-corrected chi connectivity index (χ0v) is 25.6. The molecule has 9 nitrogen and oxygen atoms in total. The molecular formula is C32H36Cl2N6O3. The summed E-state index contributed by atoms with van der Waals surface area (Å²) >= 11 is 12.6. The number of halogens is 2. The second-order valence-corrected chi connectivity index (χ2v) is 11.8. The zero-order valence-electron chi connectivity index (χ0n) is 24.1. The van der Waals surface area contributed by atoms with Crippen LogP contribution in [0.4, 0.5) is 0 Å². The molecular weight excluding hydrogens is 587 g/mol. The smallest absolute Gasteiger partial charge is 0.255 e. The summed E-state index contributed by atoms with van der Waals surface area (Å²) in [6.07, 6.45) is 1.83. The van der Waals surface area contributed by atoms with Gasteiger partial charge in [-0.3, -0.25) is 14.4 Å². The van der Waals surface area contributed by atoms with Crippen LogP contribution in [0.1, 0.15) is 53.6 Å². The summed E-state index contributed by atoms with van der Waals surface area (Å²) in [5.41, 5.74) is 12.2. The number of nitrogens with zero attached hydrogens (tertiary/aromatic N) is 3. The molecule has 1 aliphatic rings. The number of benzene rings is 3. The molecule has 0 aliphatic carbocycles. The number of nitrogens with two attached hydrogens (primary N) is 2. The molecule has 1 aliphatic heterocycles. The van der Waals surface area contributed by atoms with Gasteiger partial charge in [-0.1, -0.05) is 60.5 Å². The highest BCUT2D eigenvalue weighted by atomic mass is 35.5. The van der Waals surface area contributed by atoms with Crippen molar-refractivity contribution in [2.75, 3.05) is 39.3 Å². The Labute approximate surface area is 261 Å². The third kappa shape index (κ3) is 7.64. The van der Waals surface area contributed by atoms with Crippen molar-refractivity contribution in [3.8, 4) is 6.07 Å². The van der Waals surface area contributed by atoms with Gasteiger partial charge < -0.3 is 26.6 Å². The van der Waals surface area contributed by atoms with Crippen molar-refractivity contribution in [3.63, 3.8) is 0 Å². The van der Waals surface area contributed by atoms with E-state index in [1.807, 2.05) is 37.3 Å². The van der Waals surface area contributed by atoms with E-state index in [0.717, 1.165) is 10.9 Å². The lowest BCUT2D eigenvalue weighted by Gasteiger charge is -2.40. The highest BCUT2D eigenvalue weighted by molar-refractivity contribution is 6.42. The van der Waals surface area contributed by atoms with Crippen LogP contribution in [0.15, 0.2) is 54.6 Å². The van der Waals surface area contributed by atoms with Gasteiger partial charge in [0.15, 0.2) is 0 Å². The zero-order chi connectivity index (χ0) is 31.1. The van der Waals surface area contributed by atoms with Crippen LogP contribution in [0.5, 0.6) is 0 Å². The third-order valence-electron chi connectivity index (χ3n) is 8.20. The molecule has 3 aromatic rings. The van der Waals surface area contributed by atoms with Crippen LogP contribution in [-0.2, 0) is 9.59 Å². The van der Waals surface area contributed by atoms with Gasteiger partial charge in [0.2, 0.25) is 11.8 Å². The van der Waals surface area contributed by atoms with Gasteiger partial charge >= 0.3 is 0 Å². The summed E-state index contributed by atoms with van der Waals surface area (Å²) in [7, 11) is 0. The molecule has 5 N–H and O–H groups in total. The van der Waals surface area contributed by atoms with Crippen molar-refractivity contribution in [1.29, 1.82) is 5.26 Å². The molecule has 1 heterocycles. The molecule has 226 valence electrons. The van der Waals surface area contributed by atoms with Gasteiger partial charge in [0.25, 0.3) is 5.91 Å². The molecule has 0 aromatic heterocycles. The van der Waals surface area contributed by atoms with Gasteiger partial charge in [-0.15, -0.1) is 0 Å². The van der Waals surface area contributed by atoms with Crippen LogP contribution < -0.4 is 16.8 Å². The molecule has 11 heteroatoms. The van der Waals surface area contributed by atoms with Crippen molar-refractivity contribution >= 4 is 51.7 Å². The highest BCUT2D eigenvalue weighted by Gasteiger charge is 2.39. The molecule has 0 spiro atoms. The first-order valence-electron chi connectivity index (χ1n) is 14.3. The summed E-state index contributed by atoms with van der Waals surface area (Å²) in [5.74, 6) is -1.60. The fourth-order valence-corrected chi connectivity index (χ4v) is 6.18. The summed E-state index contributed by atoms with van der Waals surface area (Å²) in [6, 6.07) is 18.1. The Morgan fingerprint density at radius 3 is 2.42 bits per heavy atom. The normalized spacial score (nSPS) is 15.5. The Hall–Kier alpha value is -3.68. The SMILES string of the molecule is CCNC1(C(N)=O)CCN(CCC(CN(CC(N)=O)C(=O)c2cc(C#N)cc3ccccc23)c2ccc(Cl)c(Cl)c2)CC1. The summed E-state index contributed by atoms with van der Waals surface area (Å²) in [4.78, 5) is 42.2. The fourth-order valence-electron chi connectivity index (χ4n) is 5.87. The molecule has 3 amide bonds. The summed E-state index contributed by atoms with van der Waals surface area (Å²) in [6.45, 7) is 4.53. The van der Waals surface area contributed by atoms with E-state index in [9.17, 15) is 19.6 Å². The minimum atomic E-state index is -0.709. The Kier molecular flexibility index (Phi) is 10.6. The molecule has 1 saturated heterocycles. The molecule has 4 rings (SSSR count). The van der Waals surface area contributed by atoms with E-state index in [1.165, 1.54) is 4.90 Å². The van der Waals surface area contributed by atoms with E-state index >= 15 is 0 Å². The maximum atomic E-state index is 14.1. The molecule has 0 radical (unpaired) electrons. The quantitative estimate of drug-likeness (QED) is 0.278. The lowest BCUT2D eigenvalue weighted by Crippen LogP contribution is -2.60. The highest BCUT2D eigenvalue weighted by Crippen LogP contribution is 2.31. The van der Waals surface area contributed by atoms with Crippen LogP contribution >= 0.6 is 23.2 Å².